The molecule has 0 radical (unpaired) electrons. The van der Waals surface area contributed by atoms with Crippen molar-refractivity contribution in [3.8, 4) is 0 Å². The van der Waals surface area contributed by atoms with Crippen LogP contribution < -0.4 is 10.6 Å². The van der Waals surface area contributed by atoms with Gasteiger partial charge in [0.05, 0.1) is 12.0 Å². The van der Waals surface area contributed by atoms with Crippen molar-refractivity contribution in [2.45, 2.75) is 64.5 Å². The third-order valence-corrected chi connectivity index (χ3v) is 6.08. The summed E-state index contributed by atoms with van der Waals surface area (Å²) in [6.45, 7) is 3.33. The first-order valence-electron chi connectivity index (χ1n) is 9.19. The molecule has 1 amide bonds. The molecule has 1 aliphatic carbocycles. The summed E-state index contributed by atoms with van der Waals surface area (Å²) in [5.41, 5.74) is -0.181. The number of fused-ring (bicyclic) bond motifs is 2. The minimum Gasteiger partial charge on any atom is -0.348 e. The van der Waals surface area contributed by atoms with Crippen LogP contribution in [0.3, 0.4) is 0 Å². The maximum Gasteiger partial charge on any atom is 0.228 e. The lowest BCUT2D eigenvalue weighted by molar-refractivity contribution is -0.134. The Labute approximate surface area is 137 Å². The second kappa shape index (κ2) is 6.23. The molecule has 2 fully saturated rings. The van der Waals surface area contributed by atoms with Crippen LogP contribution in [0.25, 0.3) is 0 Å². The molecule has 3 aliphatic rings. The molecule has 6 heteroatoms. The second-order valence-corrected chi connectivity index (χ2v) is 7.41. The van der Waals surface area contributed by atoms with Crippen molar-refractivity contribution in [2.75, 3.05) is 13.1 Å². The molecule has 0 aromatic carbocycles. The molecule has 23 heavy (non-hydrogen) atoms. The van der Waals surface area contributed by atoms with Crippen molar-refractivity contribution < 1.29 is 4.79 Å². The van der Waals surface area contributed by atoms with Gasteiger partial charge < -0.3 is 15.2 Å². The van der Waals surface area contributed by atoms with Crippen molar-refractivity contribution in [1.29, 1.82) is 0 Å². The van der Waals surface area contributed by atoms with Crippen LogP contribution in [0.2, 0.25) is 0 Å². The third-order valence-electron chi connectivity index (χ3n) is 6.08. The van der Waals surface area contributed by atoms with E-state index < -0.39 is 0 Å². The summed E-state index contributed by atoms with van der Waals surface area (Å²) < 4.78 is 2.22. The predicted octanol–water partition coefficient (Wildman–Crippen LogP) is 1.40. The van der Waals surface area contributed by atoms with E-state index in [0.717, 1.165) is 44.1 Å². The molecule has 0 bridgehead atoms. The third kappa shape index (κ3) is 2.67. The normalized spacial score (nSPS) is 30.3. The Balaban J connectivity index is 1.45. The minimum atomic E-state index is -0.181. The molecule has 2 N–H and O–H groups in total. The van der Waals surface area contributed by atoms with E-state index in [9.17, 15) is 4.79 Å². The number of carbonyl (C=O) groups is 1. The zero-order valence-electron chi connectivity index (χ0n) is 13.8. The van der Waals surface area contributed by atoms with Gasteiger partial charge in [0.15, 0.2) is 5.82 Å². The summed E-state index contributed by atoms with van der Waals surface area (Å²) in [4.78, 5) is 12.9. The van der Waals surface area contributed by atoms with E-state index in [2.05, 4.69) is 25.4 Å². The van der Waals surface area contributed by atoms with E-state index in [4.69, 9.17) is 0 Å². The quantitative estimate of drug-likeness (QED) is 0.884. The Hall–Kier alpha value is -1.43. The number of nitrogens with one attached hydrogen (secondary N) is 2. The summed E-state index contributed by atoms with van der Waals surface area (Å²) in [5.74, 6) is 2.73. The molecule has 4 rings (SSSR count). The van der Waals surface area contributed by atoms with Gasteiger partial charge in [0, 0.05) is 19.5 Å². The van der Waals surface area contributed by atoms with Gasteiger partial charge in [0.25, 0.3) is 0 Å². The lowest BCUT2D eigenvalue weighted by atomic mass is 9.67. The zero-order valence-corrected chi connectivity index (χ0v) is 13.8. The van der Waals surface area contributed by atoms with Gasteiger partial charge in [-0.3, -0.25) is 4.79 Å². The zero-order chi connectivity index (χ0) is 15.7. The van der Waals surface area contributed by atoms with Gasteiger partial charge in [0.1, 0.15) is 5.82 Å². The van der Waals surface area contributed by atoms with Gasteiger partial charge in [-0.15, -0.1) is 10.2 Å². The Morgan fingerprint density at radius 2 is 2.22 bits per heavy atom. The largest absolute Gasteiger partial charge is 0.348 e. The molecule has 126 valence electrons. The molecule has 0 unspecified atom stereocenters. The first-order chi connectivity index (χ1) is 11.3. The Morgan fingerprint density at radius 3 is 3.17 bits per heavy atom. The van der Waals surface area contributed by atoms with Gasteiger partial charge in [-0.1, -0.05) is 19.3 Å². The van der Waals surface area contributed by atoms with Crippen LogP contribution >= 0.6 is 0 Å². The molecule has 2 atom stereocenters. The second-order valence-electron chi connectivity index (χ2n) is 7.41. The van der Waals surface area contributed by atoms with E-state index in [-0.39, 0.29) is 11.3 Å². The first-order valence-corrected chi connectivity index (χ1v) is 9.19. The fourth-order valence-corrected chi connectivity index (χ4v) is 4.70. The molecule has 6 nitrogen and oxygen atoms in total. The van der Waals surface area contributed by atoms with E-state index in [1.807, 2.05) is 0 Å². The van der Waals surface area contributed by atoms with Crippen molar-refractivity contribution in [1.82, 2.24) is 25.4 Å². The van der Waals surface area contributed by atoms with Crippen molar-refractivity contribution in [3.63, 3.8) is 0 Å². The molecule has 3 heterocycles. The monoisotopic (exact) mass is 317 g/mol. The maximum absolute atomic E-state index is 12.9. The van der Waals surface area contributed by atoms with Gasteiger partial charge in [-0.2, -0.15) is 0 Å². The van der Waals surface area contributed by atoms with Gasteiger partial charge in [-0.05, 0) is 38.1 Å². The summed E-state index contributed by atoms with van der Waals surface area (Å²) >= 11 is 0. The number of amides is 1. The van der Waals surface area contributed by atoms with Gasteiger partial charge >= 0.3 is 0 Å². The molecule has 2 aliphatic heterocycles. The summed E-state index contributed by atoms with van der Waals surface area (Å²) in [5, 5.41) is 15.3. The lowest BCUT2D eigenvalue weighted by Gasteiger charge is -2.37. The Kier molecular flexibility index (Phi) is 4.09. The van der Waals surface area contributed by atoms with Crippen LogP contribution in [0.1, 0.15) is 56.6 Å². The number of aryl methyl sites for hydroxylation is 1. The average Bonchev–Trinajstić information content (AvgIpc) is 3.11. The smallest absolute Gasteiger partial charge is 0.228 e. The highest BCUT2D eigenvalue weighted by molar-refractivity contribution is 5.83. The van der Waals surface area contributed by atoms with E-state index >= 15 is 0 Å². The number of rotatable bonds is 3. The molecular formula is C17H27N5O. The fourth-order valence-electron chi connectivity index (χ4n) is 4.70. The van der Waals surface area contributed by atoms with Crippen LogP contribution in [0.5, 0.6) is 0 Å². The highest BCUT2D eigenvalue weighted by Crippen LogP contribution is 2.43. The number of aromatic nitrogens is 3. The fraction of sp³-hybridized carbons (Fsp3) is 0.824. The standard InChI is InChI=1S/C17H27N5O/c23-16(17-8-4-3-6-13(17)10-18-12-17)19-11-15-21-20-14-7-2-1-5-9-22(14)15/h13,18H,1-12H2,(H,19,23)/t13-,17+/m0/s1. The van der Waals surface area contributed by atoms with E-state index in [1.54, 1.807) is 0 Å². The number of carbonyl (C=O) groups excluding carboxylic acids is 1. The average molecular weight is 317 g/mol. The Morgan fingerprint density at radius 1 is 1.26 bits per heavy atom. The molecule has 1 saturated carbocycles. The van der Waals surface area contributed by atoms with Crippen molar-refractivity contribution in [2.24, 2.45) is 11.3 Å². The number of hydrogen-bond acceptors (Lipinski definition) is 4. The maximum atomic E-state index is 12.9. The summed E-state index contributed by atoms with van der Waals surface area (Å²) in [6, 6.07) is 0. The SMILES string of the molecule is O=C(NCc1nnc2n1CCCCC2)[C@@]12CCCC[C@H]1CNC2. The van der Waals surface area contributed by atoms with Crippen LogP contribution in [-0.4, -0.2) is 33.8 Å². The van der Waals surface area contributed by atoms with E-state index in [1.165, 1.54) is 38.5 Å². The molecule has 0 spiro atoms. The van der Waals surface area contributed by atoms with E-state index in [0.29, 0.717) is 12.5 Å². The van der Waals surface area contributed by atoms with Crippen LogP contribution in [0.4, 0.5) is 0 Å². The summed E-state index contributed by atoms with van der Waals surface area (Å²) in [6.07, 6.45) is 9.28. The first kappa shape index (κ1) is 15.1. The molecule has 1 aromatic rings. The molecule has 1 saturated heterocycles. The highest BCUT2D eigenvalue weighted by Gasteiger charge is 2.49. The van der Waals surface area contributed by atoms with Crippen molar-refractivity contribution in [3.05, 3.63) is 11.6 Å². The van der Waals surface area contributed by atoms with Gasteiger partial charge in [-0.25, -0.2) is 0 Å². The minimum absolute atomic E-state index is 0.181. The molecular weight excluding hydrogens is 290 g/mol. The predicted molar refractivity (Wildman–Crippen MR) is 86.7 cm³/mol. The lowest BCUT2D eigenvalue weighted by Crippen LogP contribution is -2.47. The van der Waals surface area contributed by atoms with Crippen LogP contribution in [-0.2, 0) is 24.3 Å². The topological polar surface area (TPSA) is 71.8 Å². The Bertz CT molecular complexity index is 584. The molecule has 1 aromatic heterocycles. The van der Waals surface area contributed by atoms with Crippen LogP contribution in [0.15, 0.2) is 0 Å². The number of hydrogen-bond donors (Lipinski definition) is 2. The number of nitrogens with zero attached hydrogens (tertiary/aromatic N) is 3. The highest BCUT2D eigenvalue weighted by atomic mass is 16.2. The van der Waals surface area contributed by atoms with Crippen molar-refractivity contribution >= 4 is 5.91 Å². The van der Waals surface area contributed by atoms with Crippen LogP contribution in [0, 0.1) is 11.3 Å². The van der Waals surface area contributed by atoms with Gasteiger partial charge in [0.2, 0.25) is 5.91 Å². The summed E-state index contributed by atoms with van der Waals surface area (Å²) in [7, 11) is 0.